The number of nitrogens with zero attached hydrogens (tertiary/aromatic N) is 2. The van der Waals surface area contributed by atoms with E-state index >= 15 is 0 Å². The molecule has 1 N–H and O–H groups in total. The Morgan fingerprint density at radius 3 is 2.58 bits per heavy atom. The van der Waals surface area contributed by atoms with Crippen LogP contribution < -0.4 is 0 Å². The Labute approximate surface area is 156 Å². The van der Waals surface area contributed by atoms with Crippen LogP contribution in [0.15, 0.2) is 54.6 Å². The van der Waals surface area contributed by atoms with E-state index in [0.29, 0.717) is 0 Å². The molecule has 1 atom stereocenters. The lowest BCUT2D eigenvalue weighted by atomic mass is 10.00. The number of rotatable bonds is 6. The van der Waals surface area contributed by atoms with E-state index in [2.05, 4.69) is 48.2 Å². The van der Waals surface area contributed by atoms with Crippen LogP contribution in [0, 0.1) is 6.92 Å². The fourth-order valence-corrected chi connectivity index (χ4v) is 3.22. The van der Waals surface area contributed by atoms with Gasteiger partial charge in [-0.3, -0.25) is 4.90 Å². The molecule has 0 aliphatic carbocycles. The number of hydrogen-bond acceptors (Lipinski definition) is 3. The van der Waals surface area contributed by atoms with E-state index in [1.54, 1.807) is 13.0 Å². The van der Waals surface area contributed by atoms with Crippen molar-refractivity contribution < 1.29 is 5.11 Å². The summed E-state index contributed by atoms with van der Waals surface area (Å²) in [5.41, 5.74) is 5.46. The van der Waals surface area contributed by atoms with Gasteiger partial charge in [-0.2, -0.15) is 0 Å². The standard InChI is InChI=1S/C23H28N2O/c1-18-8-11-20(12-9-18)22(14-17-25-15-3-4-16-25)23-7-5-6-21(24-23)13-10-19(2)26/h5-14,19,26H,3-4,15-17H2,1-2H3/b13-10+,22-14+. The molecule has 1 aromatic heterocycles. The molecule has 2 heterocycles. The molecule has 3 rings (SSSR count). The highest BCUT2D eigenvalue weighted by atomic mass is 16.3. The van der Waals surface area contributed by atoms with Crippen molar-refractivity contribution in [3.8, 4) is 0 Å². The predicted octanol–water partition coefficient (Wildman–Crippen LogP) is 4.31. The van der Waals surface area contributed by atoms with Gasteiger partial charge in [-0.25, -0.2) is 4.98 Å². The molecule has 136 valence electrons. The Balaban J connectivity index is 1.93. The van der Waals surface area contributed by atoms with Gasteiger partial charge in [0.05, 0.1) is 17.5 Å². The SMILES string of the molecule is Cc1ccc(/C(=C\CN2CCCC2)c2cccc(/C=C/C(C)O)n2)cc1. The molecule has 1 fully saturated rings. The van der Waals surface area contributed by atoms with Crippen LogP contribution >= 0.6 is 0 Å². The van der Waals surface area contributed by atoms with Crippen LogP contribution in [0.25, 0.3) is 11.6 Å². The number of pyridine rings is 1. The fraction of sp³-hybridized carbons (Fsp3) is 0.348. The molecule has 1 aromatic carbocycles. The van der Waals surface area contributed by atoms with Crippen LogP contribution in [-0.2, 0) is 0 Å². The smallest absolute Gasteiger partial charge is 0.0712 e. The van der Waals surface area contributed by atoms with Crippen LogP contribution in [0.5, 0.6) is 0 Å². The molecule has 2 aromatic rings. The quantitative estimate of drug-likeness (QED) is 0.845. The number of likely N-dealkylation sites (tertiary alicyclic amines) is 1. The zero-order valence-corrected chi connectivity index (χ0v) is 15.7. The van der Waals surface area contributed by atoms with E-state index in [-0.39, 0.29) is 0 Å². The summed E-state index contributed by atoms with van der Waals surface area (Å²) in [5.74, 6) is 0. The number of aliphatic hydroxyl groups is 1. The molecule has 0 spiro atoms. The molecular formula is C23H28N2O. The molecule has 1 saturated heterocycles. The molecule has 1 unspecified atom stereocenters. The van der Waals surface area contributed by atoms with Crippen LogP contribution in [0.2, 0.25) is 0 Å². The minimum absolute atomic E-state index is 0.470. The predicted molar refractivity (Wildman–Crippen MR) is 109 cm³/mol. The van der Waals surface area contributed by atoms with E-state index in [9.17, 15) is 5.11 Å². The second-order valence-corrected chi connectivity index (χ2v) is 7.04. The van der Waals surface area contributed by atoms with Crippen molar-refractivity contribution in [2.45, 2.75) is 32.8 Å². The largest absolute Gasteiger partial charge is 0.389 e. The third kappa shape index (κ3) is 5.13. The van der Waals surface area contributed by atoms with Gasteiger partial charge in [-0.15, -0.1) is 0 Å². The normalized spacial score (nSPS) is 17.1. The third-order valence-corrected chi connectivity index (χ3v) is 4.71. The summed E-state index contributed by atoms with van der Waals surface area (Å²) in [6, 6.07) is 14.7. The first-order valence-electron chi connectivity index (χ1n) is 9.45. The van der Waals surface area contributed by atoms with Gasteiger partial charge >= 0.3 is 0 Å². The summed E-state index contributed by atoms with van der Waals surface area (Å²) in [5, 5.41) is 9.47. The summed E-state index contributed by atoms with van der Waals surface area (Å²) in [7, 11) is 0. The zero-order chi connectivity index (χ0) is 18.4. The summed E-state index contributed by atoms with van der Waals surface area (Å²) in [6.45, 7) is 7.17. The first kappa shape index (κ1) is 18.6. The molecule has 26 heavy (non-hydrogen) atoms. The summed E-state index contributed by atoms with van der Waals surface area (Å²) >= 11 is 0. The average molecular weight is 348 g/mol. The average Bonchev–Trinajstić information content (AvgIpc) is 3.15. The third-order valence-electron chi connectivity index (χ3n) is 4.71. The lowest BCUT2D eigenvalue weighted by molar-refractivity contribution is 0.245. The van der Waals surface area contributed by atoms with Crippen molar-refractivity contribution in [3.05, 3.63) is 77.1 Å². The highest BCUT2D eigenvalue weighted by molar-refractivity contribution is 5.78. The number of benzene rings is 1. The van der Waals surface area contributed by atoms with Gasteiger partial charge in [0.25, 0.3) is 0 Å². The van der Waals surface area contributed by atoms with Crippen LogP contribution in [0.3, 0.4) is 0 Å². The maximum Gasteiger partial charge on any atom is 0.0712 e. The van der Waals surface area contributed by atoms with E-state index in [0.717, 1.165) is 17.9 Å². The second kappa shape index (κ2) is 8.93. The van der Waals surface area contributed by atoms with Gasteiger partial charge in [0.1, 0.15) is 0 Å². The number of aliphatic hydroxyl groups excluding tert-OH is 1. The summed E-state index contributed by atoms with van der Waals surface area (Å²) in [4.78, 5) is 7.30. The van der Waals surface area contributed by atoms with E-state index in [1.807, 2.05) is 18.2 Å². The minimum Gasteiger partial charge on any atom is -0.389 e. The molecule has 0 bridgehead atoms. The summed E-state index contributed by atoms with van der Waals surface area (Å²) in [6.07, 6.45) is 8.06. The number of aromatic nitrogens is 1. The Bertz CT molecular complexity index is 769. The number of aryl methyl sites for hydroxylation is 1. The van der Waals surface area contributed by atoms with Gasteiger partial charge in [0.2, 0.25) is 0 Å². The Morgan fingerprint density at radius 1 is 1.15 bits per heavy atom. The van der Waals surface area contributed by atoms with Crippen LogP contribution in [-0.4, -0.2) is 40.7 Å². The Hall–Kier alpha value is -2.23. The van der Waals surface area contributed by atoms with Crippen molar-refractivity contribution in [2.75, 3.05) is 19.6 Å². The van der Waals surface area contributed by atoms with Crippen molar-refractivity contribution in [3.63, 3.8) is 0 Å². The van der Waals surface area contributed by atoms with Crippen molar-refractivity contribution in [2.24, 2.45) is 0 Å². The Kier molecular flexibility index (Phi) is 6.37. The van der Waals surface area contributed by atoms with Gasteiger partial charge in [-0.05, 0) is 63.6 Å². The monoisotopic (exact) mass is 348 g/mol. The summed E-state index contributed by atoms with van der Waals surface area (Å²) < 4.78 is 0. The lowest BCUT2D eigenvalue weighted by Gasteiger charge is -2.14. The molecule has 3 nitrogen and oxygen atoms in total. The molecule has 3 heteroatoms. The van der Waals surface area contributed by atoms with E-state index in [4.69, 9.17) is 4.98 Å². The minimum atomic E-state index is -0.470. The fourth-order valence-electron chi connectivity index (χ4n) is 3.22. The molecule has 1 aliphatic heterocycles. The highest BCUT2D eigenvalue weighted by Crippen LogP contribution is 2.23. The van der Waals surface area contributed by atoms with Crippen LogP contribution in [0.4, 0.5) is 0 Å². The highest BCUT2D eigenvalue weighted by Gasteiger charge is 2.12. The maximum atomic E-state index is 9.47. The molecule has 0 amide bonds. The number of hydrogen-bond donors (Lipinski definition) is 1. The van der Waals surface area contributed by atoms with Crippen molar-refractivity contribution >= 4 is 11.6 Å². The molecule has 0 radical (unpaired) electrons. The lowest BCUT2D eigenvalue weighted by Crippen LogP contribution is -2.19. The molecule has 0 saturated carbocycles. The van der Waals surface area contributed by atoms with Gasteiger partial charge in [0, 0.05) is 12.1 Å². The van der Waals surface area contributed by atoms with Gasteiger partial charge in [0.15, 0.2) is 0 Å². The van der Waals surface area contributed by atoms with E-state index in [1.165, 1.54) is 42.6 Å². The maximum absolute atomic E-state index is 9.47. The van der Waals surface area contributed by atoms with Crippen molar-refractivity contribution in [1.29, 1.82) is 0 Å². The molecular weight excluding hydrogens is 320 g/mol. The van der Waals surface area contributed by atoms with E-state index < -0.39 is 6.10 Å². The Morgan fingerprint density at radius 2 is 1.88 bits per heavy atom. The van der Waals surface area contributed by atoms with Gasteiger partial charge < -0.3 is 5.11 Å². The first-order chi connectivity index (χ1) is 12.6. The second-order valence-electron chi connectivity index (χ2n) is 7.04. The van der Waals surface area contributed by atoms with Crippen molar-refractivity contribution in [1.82, 2.24) is 9.88 Å². The molecule has 1 aliphatic rings. The van der Waals surface area contributed by atoms with Gasteiger partial charge in [-0.1, -0.05) is 48.0 Å². The van der Waals surface area contributed by atoms with Crippen LogP contribution in [0.1, 0.15) is 42.3 Å². The topological polar surface area (TPSA) is 36.4 Å². The first-order valence-corrected chi connectivity index (χ1v) is 9.45. The zero-order valence-electron chi connectivity index (χ0n) is 15.7.